The first-order chi connectivity index (χ1) is 8.72. The van der Waals surface area contributed by atoms with E-state index in [4.69, 9.17) is 0 Å². The van der Waals surface area contributed by atoms with Crippen molar-refractivity contribution in [3.8, 4) is 0 Å². The lowest BCUT2D eigenvalue weighted by Gasteiger charge is -2.13. The van der Waals surface area contributed by atoms with E-state index in [-0.39, 0.29) is 24.4 Å². The summed E-state index contributed by atoms with van der Waals surface area (Å²) >= 11 is 0. The van der Waals surface area contributed by atoms with E-state index >= 15 is 0 Å². The molecule has 1 rings (SSSR count). The van der Waals surface area contributed by atoms with Gasteiger partial charge in [0.2, 0.25) is 5.91 Å². The molecule has 1 unspecified atom stereocenters. The van der Waals surface area contributed by atoms with Crippen molar-refractivity contribution < 1.29 is 4.79 Å². The number of aryl methyl sites for hydroxylation is 1. The van der Waals surface area contributed by atoms with E-state index in [9.17, 15) is 4.79 Å². The molecule has 4 heteroatoms. The lowest BCUT2D eigenvalue weighted by atomic mass is 10.1. The van der Waals surface area contributed by atoms with E-state index < -0.39 is 0 Å². The number of benzene rings is 1. The van der Waals surface area contributed by atoms with Gasteiger partial charge in [0.15, 0.2) is 0 Å². The SMILES string of the molecule is CNCCCC(=O)NC(C)CCc1ccccc1.Cl. The summed E-state index contributed by atoms with van der Waals surface area (Å²) in [6.45, 7) is 2.96. The molecule has 1 atom stereocenters. The first-order valence-electron chi connectivity index (χ1n) is 6.70. The summed E-state index contributed by atoms with van der Waals surface area (Å²) in [6.07, 6.45) is 3.50. The van der Waals surface area contributed by atoms with Gasteiger partial charge in [0.25, 0.3) is 0 Å². The van der Waals surface area contributed by atoms with Gasteiger partial charge in [0.05, 0.1) is 0 Å². The number of hydrogen-bond donors (Lipinski definition) is 2. The van der Waals surface area contributed by atoms with E-state index in [1.165, 1.54) is 5.56 Å². The zero-order chi connectivity index (χ0) is 13.2. The van der Waals surface area contributed by atoms with Crippen molar-refractivity contribution in [1.29, 1.82) is 0 Å². The molecule has 3 nitrogen and oxygen atoms in total. The van der Waals surface area contributed by atoms with Gasteiger partial charge in [-0.25, -0.2) is 0 Å². The Labute approximate surface area is 122 Å². The Balaban J connectivity index is 0.00000324. The van der Waals surface area contributed by atoms with Gasteiger partial charge in [0, 0.05) is 12.5 Å². The minimum absolute atomic E-state index is 0. The number of nitrogens with one attached hydrogen (secondary N) is 2. The summed E-state index contributed by atoms with van der Waals surface area (Å²) < 4.78 is 0. The van der Waals surface area contributed by atoms with E-state index in [0.29, 0.717) is 6.42 Å². The minimum atomic E-state index is 0. The highest BCUT2D eigenvalue weighted by molar-refractivity contribution is 5.85. The van der Waals surface area contributed by atoms with Crippen LogP contribution in [0.5, 0.6) is 0 Å². The zero-order valence-corrected chi connectivity index (χ0v) is 12.6. The van der Waals surface area contributed by atoms with Crippen molar-refractivity contribution in [3.05, 3.63) is 35.9 Å². The lowest BCUT2D eigenvalue weighted by molar-refractivity contribution is -0.121. The topological polar surface area (TPSA) is 41.1 Å². The largest absolute Gasteiger partial charge is 0.354 e. The van der Waals surface area contributed by atoms with Crippen molar-refractivity contribution in [1.82, 2.24) is 10.6 Å². The maximum Gasteiger partial charge on any atom is 0.220 e. The fraction of sp³-hybridized carbons (Fsp3) is 0.533. The molecule has 0 saturated heterocycles. The average molecular weight is 285 g/mol. The van der Waals surface area contributed by atoms with Crippen LogP contribution in [0.2, 0.25) is 0 Å². The smallest absolute Gasteiger partial charge is 0.220 e. The molecule has 2 N–H and O–H groups in total. The summed E-state index contributed by atoms with van der Waals surface area (Å²) in [5, 5.41) is 6.09. The summed E-state index contributed by atoms with van der Waals surface area (Å²) in [5.41, 5.74) is 1.33. The molecular formula is C15H25ClN2O. The Hall–Kier alpha value is -1.06. The third kappa shape index (κ3) is 8.62. The Kier molecular flexibility index (Phi) is 10.2. The maximum absolute atomic E-state index is 11.6. The second-order valence-electron chi connectivity index (χ2n) is 4.70. The van der Waals surface area contributed by atoms with Gasteiger partial charge >= 0.3 is 0 Å². The number of carbonyl (C=O) groups is 1. The number of hydrogen-bond acceptors (Lipinski definition) is 2. The summed E-state index contributed by atoms with van der Waals surface area (Å²) in [7, 11) is 1.90. The van der Waals surface area contributed by atoms with Gasteiger partial charge in [0.1, 0.15) is 0 Å². The van der Waals surface area contributed by atoms with Gasteiger partial charge in [-0.2, -0.15) is 0 Å². The molecule has 0 aliphatic rings. The van der Waals surface area contributed by atoms with Gasteiger partial charge in [-0.05, 0) is 45.3 Å². The van der Waals surface area contributed by atoms with Crippen molar-refractivity contribution in [2.75, 3.05) is 13.6 Å². The Morgan fingerprint density at radius 2 is 1.95 bits per heavy atom. The summed E-state index contributed by atoms with van der Waals surface area (Å²) in [4.78, 5) is 11.6. The normalized spacial score (nSPS) is 11.5. The monoisotopic (exact) mass is 284 g/mol. The molecule has 108 valence electrons. The van der Waals surface area contributed by atoms with Crippen LogP contribution in [0.3, 0.4) is 0 Å². The predicted octanol–water partition coefficient (Wildman–Crippen LogP) is 2.55. The quantitative estimate of drug-likeness (QED) is 0.721. The number of carbonyl (C=O) groups excluding carboxylic acids is 1. The molecule has 1 aromatic carbocycles. The third-order valence-electron chi connectivity index (χ3n) is 2.95. The summed E-state index contributed by atoms with van der Waals surface area (Å²) in [5.74, 6) is 0.158. The maximum atomic E-state index is 11.6. The van der Waals surface area contributed by atoms with Crippen molar-refractivity contribution >= 4 is 18.3 Å². The highest BCUT2D eigenvalue weighted by atomic mass is 35.5. The standard InChI is InChI=1S/C15H24N2O.ClH/c1-13(17-15(18)9-6-12-16-2)10-11-14-7-4-3-5-8-14;/h3-5,7-8,13,16H,6,9-12H2,1-2H3,(H,17,18);1H. The van der Waals surface area contributed by atoms with E-state index in [2.05, 4.69) is 41.8 Å². The van der Waals surface area contributed by atoms with E-state index in [1.807, 2.05) is 13.1 Å². The zero-order valence-electron chi connectivity index (χ0n) is 11.8. The molecule has 0 aromatic heterocycles. The number of amides is 1. The first-order valence-corrected chi connectivity index (χ1v) is 6.70. The van der Waals surface area contributed by atoms with Crippen LogP contribution in [-0.2, 0) is 11.2 Å². The van der Waals surface area contributed by atoms with Crippen molar-refractivity contribution in [3.63, 3.8) is 0 Å². The van der Waals surface area contributed by atoms with Crippen LogP contribution >= 0.6 is 12.4 Å². The molecule has 0 aliphatic carbocycles. The van der Waals surface area contributed by atoms with Crippen LogP contribution in [0.4, 0.5) is 0 Å². The average Bonchev–Trinajstić information content (AvgIpc) is 2.38. The van der Waals surface area contributed by atoms with Crippen LogP contribution in [-0.4, -0.2) is 25.5 Å². The van der Waals surface area contributed by atoms with Crippen LogP contribution in [0, 0.1) is 0 Å². The number of halogens is 1. The van der Waals surface area contributed by atoms with Gasteiger partial charge < -0.3 is 10.6 Å². The van der Waals surface area contributed by atoms with Crippen molar-refractivity contribution in [2.24, 2.45) is 0 Å². The molecule has 1 aromatic rings. The van der Waals surface area contributed by atoms with Crippen LogP contribution in [0.25, 0.3) is 0 Å². The Morgan fingerprint density at radius 1 is 1.26 bits per heavy atom. The second kappa shape index (κ2) is 10.8. The molecule has 0 radical (unpaired) electrons. The van der Waals surface area contributed by atoms with Crippen LogP contribution < -0.4 is 10.6 Å². The molecule has 0 spiro atoms. The van der Waals surface area contributed by atoms with E-state index in [1.54, 1.807) is 0 Å². The molecule has 0 bridgehead atoms. The molecule has 1 amide bonds. The fourth-order valence-electron chi connectivity index (χ4n) is 1.87. The third-order valence-corrected chi connectivity index (χ3v) is 2.95. The molecule has 0 heterocycles. The van der Waals surface area contributed by atoms with Gasteiger partial charge in [-0.3, -0.25) is 4.79 Å². The first kappa shape index (κ1) is 17.9. The Bertz CT molecular complexity index is 343. The molecular weight excluding hydrogens is 260 g/mol. The predicted molar refractivity (Wildman–Crippen MR) is 82.8 cm³/mol. The van der Waals surface area contributed by atoms with Crippen LogP contribution in [0.15, 0.2) is 30.3 Å². The lowest BCUT2D eigenvalue weighted by Crippen LogP contribution is -2.33. The fourth-order valence-corrected chi connectivity index (χ4v) is 1.87. The number of rotatable bonds is 8. The Morgan fingerprint density at radius 3 is 2.58 bits per heavy atom. The molecule has 0 saturated carbocycles. The summed E-state index contributed by atoms with van der Waals surface area (Å²) in [6, 6.07) is 10.6. The second-order valence-corrected chi connectivity index (χ2v) is 4.70. The van der Waals surface area contributed by atoms with Gasteiger partial charge in [-0.1, -0.05) is 30.3 Å². The van der Waals surface area contributed by atoms with E-state index in [0.717, 1.165) is 25.8 Å². The van der Waals surface area contributed by atoms with Gasteiger partial charge in [-0.15, -0.1) is 12.4 Å². The van der Waals surface area contributed by atoms with Crippen molar-refractivity contribution in [2.45, 2.75) is 38.6 Å². The highest BCUT2D eigenvalue weighted by Crippen LogP contribution is 2.05. The molecule has 19 heavy (non-hydrogen) atoms. The molecule has 0 aliphatic heterocycles. The van der Waals surface area contributed by atoms with Crippen LogP contribution in [0.1, 0.15) is 31.7 Å². The molecule has 0 fully saturated rings. The minimum Gasteiger partial charge on any atom is -0.354 e. The highest BCUT2D eigenvalue weighted by Gasteiger charge is 2.06.